The second-order valence-electron chi connectivity index (χ2n) is 10.5. The van der Waals surface area contributed by atoms with Gasteiger partial charge in [-0.3, -0.25) is 0 Å². The van der Waals surface area contributed by atoms with E-state index in [1.165, 1.54) is 47.7 Å². The number of carbonyl (C=O) groups excluding carboxylic acids is 1. The summed E-state index contributed by atoms with van der Waals surface area (Å²) in [5.41, 5.74) is -1.37. The second-order valence-corrected chi connectivity index (χ2v) is 11.3. The molecular formula is C34H21Cl2F4N3O4. The number of nitrogens with zero attached hydrogens (tertiary/aromatic N) is 3. The zero-order chi connectivity index (χ0) is 33.3. The zero-order valence-corrected chi connectivity index (χ0v) is 25.4. The monoisotopic (exact) mass is 681 g/mol. The summed E-state index contributed by atoms with van der Waals surface area (Å²) in [4.78, 5) is 17.0. The number of hydrogen-bond acceptors (Lipinski definition) is 6. The van der Waals surface area contributed by atoms with Gasteiger partial charge in [0, 0.05) is 28.8 Å². The molecule has 0 saturated carbocycles. The van der Waals surface area contributed by atoms with Gasteiger partial charge in [0.05, 0.1) is 22.2 Å². The van der Waals surface area contributed by atoms with E-state index in [9.17, 15) is 23.1 Å². The minimum Gasteiger partial charge on any atom is -0.490 e. The van der Waals surface area contributed by atoms with E-state index in [0.717, 1.165) is 18.2 Å². The molecule has 238 valence electrons. The third kappa shape index (κ3) is 6.78. The van der Waals surface area contributed by atoms with Crippen LogP contribution in [0, 0.1) is 23.3 Å². The summed E-state index contributed by atoms with van der Waals surface area (Å²) >= 11 is 12.2. The first kappa shape index (κ1) is 32.0. The summed E-state index contributed by atoms with van der Waals surface area (Å²) in [7, 11) is 0. The Balaban J connectivity index is 1.31. The fourth-order valence-corrected chi connectivity index (χ4v) is 5.37. The summed E-state index contributed by atoms with van der Waals surface area (Å²) in [6.07, 6.45) is 4.06. The van der Waals surface area contributed by atoms with Crippen LogP contribution in [0.3, 0.4) is 0 Å². The number of aliphatic hydroxyl groups is 1. The van der Waals surface area contributed by atoms with Crippen LogP contribution in [0.15, 0.2) is 97.3 Å². The normalized spacial score (nSPS) is 15.2. The van der Waals surface area contributed by atoms with Crippen molar-refractivity contribution in [1.82, 2.24) is 14.8 Å². The molecule has 0 fully saturated rings. The van der Waals surface area contributed by atoms with Crippen molar-refractivity contribution in [3.63, 3.8) is 0 Å². The van der Waals surface area contributed by atoms with Crippen molar-refractivity contribution in [2.75, 3.05) is 6.61 Å². The largest absolute Gasteiger partial charge is 0.490 e. The van der Waals surface area contributed by atoms with Crippen LogP contribution < -0.4 is 4.74 Å². The van der Waals surface area contributed by atoms with Crippen molar-refractivity contribution < 1.29 is 36.9 Å². The predicted molar refractivity (Wildman–Crippen MR) is 166 cm³/mol. The molecule has 1 aliphatic heterocycles. The van der Waals surface area contributed by atoms with Gasteiger partial charge in [-0.2, -0.15) is 5.10 Å². The van der Waals surface area contributed by atoms with Crippen LogP contribution in [0.2, 0.25) is 10.0 Å². The minimum atomic E-state index is -1.97. The molecule has 4 aromatic carbocycles. The molecule has 0 amide bonds. The first-order chi connectivity index (χ1) is 22.5. The molecule has 7 nitrogen and oxygen atoms in total. The van der Waals surface area contributed by atoms with E-state index < -0.39 is 41.4 Å². The highest BCUT2D eigenvalue weighted by atomic mass is 35.5. The average molecular weight is 682 g/mol. The third-order valence-electron chi connectivity index (χ3n) is 7.29. The molecule has 1 atom stereocenters. The number of ether oxygens (including phenoxy) is 2. The SMILES string of the molecule is O=C1O/C(=C\c2ccc(OCC(O)(Cn3cncn3)c3ccc(F)cc3F)cc2)C(c2ccc(F)cc2F)=C1c1ccc(Cl)c(Cl)c1. The number of allylic oxidation sites excluding steroid dienone is 1. The van der Waals surface area contributed by atoms with Gasteiger partial charge in [0.2, 0.25) is 0 Å². The highest BCUT2D eigenvalue weighted by molar-refractivity contribution is 6.42. The Hall–Kier alpha value is -4.97. The van der Waals surface area contributed by atoms with Gasteiger partial charge in [-0.1, -0.05) is 47.5 Å². The van der Waals surface area contributed by atoms with E-state index in [1.807, 2.05) is 0 Å². The first-order valence-electron chi connectivity index (χ1n) is 13.8. The smallest absolute Gasteiger partial charge is 0.344 e. The molecule has 0 radical (unpaired) electrons. The Kier molecular flexibility index (Phi) is 8.87. The summed E-state index contributed by atoms with van der Waals surface area (Å²) < 4.78 is 69.9. The lowest BCUT2D eigenvalue weighted by Gasteiger charge is -2.29. The Morgan fingerprint density at radius 2 is 1.60 bits per heavy atom. The number of benzene rings is 4. The Labute approximate surface area is 274 Å². The quantitative estimate of drug-likeness (QED) is 0.127. The van der Waals surface area contributed by atoms with Crippen LogP contribution in [-0.2, 0) is 21.7 Å². The fourth-order valence-electron chi connectivity index (χ4n) is 5.07. The van der Waals surface area contributed by atoms with Gasteiger partial charge in [0.25, 0.3) is 0 Å². The number of carbonyl (C=O) groups is 1. The lowest BCUT2D eigenvalue weighted by Crippen LogP contribution is -2.39. The van der Waals surface area contributed by atoms with Crippen LogP contribution in [0.1, 0.15) is 22.3 Å². The number of hydrogen-bond donors (Lipinski definition) is 1. The number of halogens is 6. The molecule has 0 saturated heterocycles. The number of cyclic esters (lactones) is 1. The lowest BCUT2D eigenvalue weighted by molar-refractivity contribution is -0.131. The van der Waals surface area contributed by atoms with Crippen LogP contribution in [-0.4, -0.2) is 32.4 Å². The van der Waals surface area contributed by atoms with E-state index >= 15 is 4.39 Å². The summed E-state index contributed by atoms with van der Waals surface area (Å²) in [5, 5.41) is 15.8. The molecule has 0 bridgehead atoms. The Bertz CT molecular complexity index is 2050. The van der Waals surface area contributed by atoms with Crippen molar-refractivity contribution >= 4 is 46.4 Å². The van der Waals surface area contributed by atoms with Crippen molar-refractivity contribution in [3.05, 3.63) is 153 Å². The van der Waals surface area contributed by atoms with Gasteiger partial charge in [0.15, 0.2) is 0 Å². The topological polar surface area (TPSA) is 86.5 Å². The maximum atomic E-state index is 15.1. The number of aromatic nitrogens is 3. The van der Waals surface area contributed by atoms with E-state index in [0.29, 0.717) is 23.3 Å². The summed E-state index contributed by atoms with van der Waals surface area (Å²) in [6.45, 7) is -0.696. The standard InChI is InChI=1S/C34H21Cl2F4N3O4/c35-26-10-3-20(12-27(26)36)31-32(24-8-4-21(37)13-28(24)39)30(47-33(31)44)11-19-1-6-23(7-2-19)46-16-34(45,15-43-18-41-17-42-43)25-9-5-22(38)14-29(25)40/h1-14,17-18,45H,15-16H2/b30-11-. The molecule has 6 rings (SSSR count). The molecule has 2 heterocycles. The molecular weight excluding hydrogens is 661 g/mol. The van der Waals surface area contributed by atoms with E-state index in [1.54, 1.807) is 24.3 Å². The highest BCUT2D eigenvalue weighted by Gasteiger charge is 2.36. The molecule has 1 aromatic heterocycles. The van der Waals surface area contributed by atoms with Crippen molar-refractivity contribution in [3.8, 4) is 5.75 Å². The van der Waals surface area contributed by atoms with Crippen molar-refractivity contribution in [2.45, 2.75) is 12.1 Å². The summed E-state index contributed by atoms with van der Waals surface area (Å²) in [5.74, 6) is -4.02. The lowest BCUT2D eigenvalue weighted by atomic mass is 9.93. The van der Waals surface area contributed by atoms with Gasteiger partial charge in [0.1, 0.15) is 59.6 Å². The van der Waals surface area contributed by atoms with Gasteiger partial charge in [-0.05, 0) is 59.7 Å². The van der Waals surface area contributed by atoms with Gasteiger partial charge in [-0.15, -0.1) is 0 Å². The fraction of sp³-hybridized carbons (Fsp3) is 0.0882. The van der Waals surface area contributed by atoms with E-state index in [4.69, 9.17) is 32.7 Å². The molecule has 47 heavy (non-hydrogen) atoms. The molecule has 13 heteroatoms. The van der Waals surface area contributed by atoms with E-state index in [-0.39, 0.29) is 50.4 Å². The zero-order valence-electron chi connectivity index (χ0n) is 23.9. The predicted octanol–water partition coefficient (Wildman–Crippen LogP) is 7.62. The Morgan fingerprint density at radius 1 is 0.872 bits per heavy atom. The number of rotatable bonds is 9. The maximum absolute atomic E-state index is 15.1. The molecule has 0 aliphatic carbocycles. The van der Waals surface area contributed by atoms with Crippen LogP contribution in [0.4, 0.5) is 17.6 Å². The number of esters is 1. The van der Waals surface area contributed by atoms with Crippen LogP contribution >= 0.6 is 23.2 Å². The van der Waals surface area contributed by atoms with Crippen LogP contribution in [0.5, 0.6) is 5.75 Å². The summed E-state index contributed by atoms with van der Waals surface area (Å²) in [6, 6.07) is 16.5. The van der Waals surface area contributed by atoms with Gasteiger partial charge in [-0.25, -0.2) is 32.0 Å². The highest BCUT2D eigenvalue weighted by Crippen LogP contribution is 2.43. The third-order valence-corrected chi connectivity index (χ3v) is 8.03. The van der Waals surface area contributed by atoms with Gasteiger partial charge < -0.3 is 14.6 Å². The van der Waals surface area contributed by atoms with Crippen LogP contribution in [0.25, 0.3) is 17.2 Å². The van der Waals surface area contributed by atoms with Gasteiger partial charge >= 0.3 is 5.97 Å². The van der Waals surface area contributed by atoms with Crippen molar-refractivity contribution in [1.29, 1.82) is 0 Å². The van der Waals surface area contributed by atoms with E-state index in [2.05, 4.69) is 10.1 Å². The Morgan fingerprint density at radius 3 is 2.26 bits per heavy atom. The van der Waals surface area contributed by atoms with Crippen molar-refractivity contribution in [2.24, 2.45) is 0 Å². The second kappa shape index (κ2) is 13.0. The minimum absolute atomic E-state index is 0.0000266. The average Bonchev–Trinajstić information content (AvgIpc) is 3.65. The molecule has 1 unspecified atom stereocenters. The first-order valence-corrected chi connectivity index (χ1v) is 14.6. The molecule has 1 N–H and O–H groups in total. The molecule has 1 aliphatic rings. The molecule has 5 aromatic rings. The molecule has 0 spiro atoms. The maximum Gasteiger partial charge on any atom is 0.344 e.